The fraction of sp³-hybridized carbons (Fsp3) is 0.238. The minimum atomic E-state index is -1.85. The summed E-state index contributed by atoms with van der Waals surface area (Å²) < 4.78 is 27.8. The topological polar surface area (TPSA) is 98.8 Å². The lowest BCUT2D eigenvalue weighted by atomic mass is 9.91. The largest absolute Gasteiger partial charge is 0.345 e. The Hall–Kier alpha value is -3.82. The summed E-state index contributed by atoms with van der Waals surface area (Å²) in [6.07, 6.45) is 0. The second-order valence-electron chi connectivity index (χ2n) is 7.40. The Morgan fingerprint density at radius 2 is 1.74 bits per heavy atom. The van der Waals surface area contributed by atoms with Gasteiger partial charge in [-0.05, 0) is 49.4 Å². The highest BCUT2D eigenvalue weighted by atomic mass is 19.1. The molecule has 1 aliphatic rings. The van der Waals surface area contributed by atoms with Gasteiger partial charge in [-0.2, -0.15) is 0 Å². The number of rotatable bonds is 5. The summed E-state index contributed by atoms with van der Waals surface area (Å²) in [6, 6.07) is 7.73. The molecule has 0 saturated carbocycles. The number of hydrogen-bond donors (Lipinski definition) is 2. The highest BCUT2D eigenvalue weighted by Crippen LogP contribution is 2.31. The van der Waals surface area contributed by atoms with E-state index >= 15 is 0 Å². The molecular formula is C21H20F2N4O4. The first-order valence-electron chi connectivity index (χ1n) is 9.24. The van der Waals surface area contributed by atoms with E-state index in [-0.39, 0.29) is 11.5 Å². The maximum atomic E-state index is 14.2. The smallest absolute Gasteiger partial charge is 0.325 e. The van der Waals surface area contributed by atoms with Crippen molar-refractivity contribution in [2.45, 2.75) is 12.5 Å². The van der Waals surface area contributed by atoms with Crippen molar-refractivity contribution in [1.29, 1.82) is 0 Å². The third-order valence-electron chi connectivity index (χ3n) is 4.87. The lowest BCUT2D eigenvalue weighted by Gasteiger charge is -2.22. The molecule has 8 nitrogen and oxygen atoms in total. The van der Waals surface area contributed by atoms with Crippen LogP contribution >= 0.6 is 0 Å². The van der Waals surface area contributed by atoms with Gasteiger partial charge in [0.15, 0.2) is 0 Å². The van der Waals surface area contributed by atoms with Crippen LogP contribution in [0.5, 0.6) is 0 Å². The molecule has 1 heterocycles. The van der Waals surface area contributed by atoms with E-state index in [0.717, 1.165) is 18.2 Å². The van der Waals surface area contributed by atoms with Crippen LogP contribution < -0.4 is 10.6 Å². The predicted octanol–water partition coefficient (Wildman–Crippen LogP) is 2.07. The number of benzene rings is 2. The number of urea groups is 1. The van der Waals surface area contributed by atoms with Crippen LogP contribution in [0.2, 0.25) is 0 Å². The van der Waals surface area contributed by atoms with E-state index < -0.39 is 41.6 Å². The summed E-state index contributed by atoms with van der Waals surface area (Å²) >= 11 is 0. The highest BCUT2D eigenvalue weighted by molar-refractivity contribution is 6.10. The Bertz CT molecular complexity index is 1070. The monoisotopic (exact) mass is 430 g/mol. The maximum absolute atomic E-state index is 14.2. The van der Waals surface area contributed by atoms with Crippen LogP contribution in [0.25, 0.3) is 0 Å². The Balaban J connectivity index is 1.72. The normalized spacial score (nSPS) is 18.0. The van der Waals surface area contributed by atoms with Gasteiger partial charge in [-0.3, -0.25) is 19.3 Å². The van der Waals surface area contributed by atoms with Gasteiger partial charge in [0.2, 0.25) is 5.91 Å². The Morgan fingerprint density at radius 1 is 1.10 bits per heavy atom. The quantitative estimate of drug-likeness (QED) is 0.710. The third-order valence-corrected chi connectivity index (χ3v) is 4.87. The van der Waals surface area contributed by atoms with Gasteiger partial charge in [-0.1, -0.05) is 0 Å². The van der Waals surface area contributed by atoms with E-state index in [9.17, 15) is 28.0 Å². The standard InChI is InChI=1S/C21H20F2N4O4/c1-21(15-10-13(22)6-9-16(15)23)19(30)27(20(31)25-21)11-17(28)24-14-7-4-12(5-8-14)18(29)26(2)3/h4-10H,11H2,1-3H3,(H,24,28)(H,25,31)/t21-/m0/s1. The van der Waals surface area contributed by atoms with Gasteiger partial charge >= 0.3 is 6.03 Å². The molecule has 5 amide bonds. The molecule has 0 spiro atoms. The van der Waals surface area contributed by atoms with Crippen molar-refractivity contribution in [2.24, 2.45) is 0 Å². The average Bonchev–Trinajstić information content (AvgIpc) is 2.93. The van der Waals surface area contributed by atoms with Crippen LogP contribution in [0.3, 0.4) is 0 Å². The van der Waals surface area contributed by atoms with Gasteiger partial charge in [-0.15, -0.1) is 0 Å². The van der Waals surface area contributed by atoms with Crippen molar-refractivity contribution in [3.63, 3.8) is 0 Å². The first-order valence-corrected chi connectivity index (χ1v) is 9.24. The van der Waals surface area contributed by atoms with Gasteiger partial charge in [0.25, 0.3) is 11.8 Å². The van der Waals surface area contributed by atoms with Crippen LogP contribution in [-0.4, -0.2) is 54.2 Å². The molecule has 2 N–H and O–H groups in total. The molecule has 1 fully saturated rings. The zero-order chi connectivity index (χ0) is 22.9. The minimum Gasteiger partial charge on any atom is -0.345 e. The Labute approximate surface area is 176 Å². The lowest BCUT2D eigenvalue weighted by molar-refractivity contribution is -0.133. The summed E-state index contributed by atoms with van der Waals surface area (Å²) in [6.45, 7) is 0.610. The maximum Gasteiger partial charge on any atom is 0.325 e. The fourth-order valence-corrected chi connectivity index (χ4v) is 3.20. The number of nitrogens with one attached hydrogen (secondary N) is 2. The number of nitrogens with zero attached hydrogens (tertiary/aromatic N) is 2. The first-order chi connectivity index (χ1) is 14.5. The van der Waals surface area contributed by atoms with Crippen LogP contribution in [0.1, 0.15) is 22.8 Å². The van der Waals surface area contributed by atoms with E-state index in [1.54, 1.807) is 14.1 Å². The van der Waals surface area contributed by atoms with Crippen molar-refractivity contribution in [3.05, 3.63) is 65.2 Å². The van der Waals surface area contributed by atoms with Gasteiger partial charge < -0.3 is 15.5 Å². The van der Waals surface area contributed by atoms with Crippen LogP contribution in [0, 0.1) is 11.6 Å². The number of carbonyl (C=O) groups is 4. The lowest BCUT2D eigenvalue weighted by Crippen LogP contribution is -2.42. The molecule has 1 aliphatic heterocycles. The zero-order valence-electron chi connectivity index (χ0n) is 17.0. The summed E-state index contributed by atoms with van der Waals surface area (Å²) in [5.41, 5.74) is -1.41. The average molecular weight is 430 g/mol. The SMILES string of the molecule is CN(C)C(=O)c1ccc(NC(=O)CN2C(=O)N[C@@](C)(c3cc(F)ccc3F)C2=O)cc1. The predicted molar refractivity (Wildman–Crippen MR) is 107 cm³/mol. The molecule has 0 unspecified atom stereocenters. The van der Waals surface area contributed by atoms with Crippen molar-refractivity contribution in [1.82, 2.24) is 15.1 Å². The number of halogens is 2. The van der Waals surface area contributed by atoms with Crippen LogP contribution in [-0.2, 0) is 15.1 Å². The van der Waals surface area contributed by atoms with E-state index in [2.05, 4.69) is 10.6 Å². The molecule has 10 heteroatoms. The number of amides is 5. The fourth-order valence-electron chi connectivity index (χ4n) is 3.20. The molecule has 0 radical (unpaired) electrons. The number of carbonyl (C=O) groups excluding carboxylic acids is 4. The van der Waals surface area contributed by atoms with E-state index in [0.29, 0.717) is 16.2 Å². The van der Waals surface area contributed by atoms with Gasteiger partial charge in [0.1, 0.15) is 23.7 Å². The first kappa shape index (κ1) is 21.9. The highest BCUT2D eigenvalue weighted by Gasteiger charge is 2.50. The summed E-state index contributed by atoms with van der Waals surface area (Å²) in [4.78, 5) is 51.4. The second kappa shape index (κ2) is 8.13. The van der Waals surface area contributed by atoms with Gasteiger partial charge in [-0.25, -0.2) is 13.6 Å². The van der Waals surface area contributed by atoms with Crippen LogP contribution in [0.4, 0.5) is 19.3 Å². The number of imide groups is 1. The van der Waals surface area contributed by atoms with Gasteiger partial charge in [0.05, 0.1) is 0 Å². The van der Waals surface area contributed by atoms with E-state index in [1.807, 2.05) is 0 Å². The molecule has 1 atom stereocenters. The molecule has 0 bridgehead atoms. The van der Waals surface area contributed by atoms with E-state index in [1.165, 1.54) is 36.1 Å². The molecule has 2 aromatic carbocycles. The third kappa shape index (κ3) is 4.23. The van der Waals surface area contributed by atoms with E-state index in [4.69, 9.17) is 0 Å². The molecule has 3 rings (SSSR count). The van der Waals surface area contributed by atoms with Crippen LogP contribution in [0.15, 0.2) is 42.5 Å². The molecule has 31 heavy (non-hydrogen) atoms. The minimum absolute atomic E-state index is 0.207. The molecule has 162 valence electrons. The molecule has 0 aromatic heterocycles. The number of hydrogen-bond acceptors (Lipinski definition) is 4. The number of anilines is 1. The summed E-state index contributed by atoms with van der Waals surface area (Å²) in [5, 5.41) is 4.84. The second-order valence-corrected chi connectivity index (χ2v) is 7.40. The zero-order valence-corrected chi connectivity index (χ0v) is 17.0. The van der Waals surface area contributed by atoms with Gasteiger partial charge in [0, 0.05) is 30.9 Å². The Morgan fingerprint density at radius 3 is 2.35 bits per heavy atom. The summed E-state index contributed by atoms with van der Waals surface area (Å²) in [7, 11) is 3.22. The molecule has 1 saturated heterocycles. The molecule has 2 aromatic rings. The summed E-state index contributed by atoms with van der Waals surface area (Å²) in [5.74, 6) is -3.41. The molecular weight excluding hydrogens is 410 g/mol. The van der Waals surface area contributed by atoms with Crippen molar-refractivity contribution < 1.29 is 28.0 Å². The van der Waals surface area contributed by atoms with Crippen molar-refractivity contribution in [2.75, 3.05) is 26.0 Å². The van der Waals surface area contributed by atoms with Crippen molar-refractivity contribution >= 4 is 29.4 Å². The van der Waals surface area contributed by atoms with Crippen molar-refractivity contribution in [3.8, 4) is 0 Å². The Kier molecular flexibility index (Phi) is 5.74. The molecule has 0 aliphatic carbocycles.